The SMILES string of the molecule is CC(C)(C)NS(=O)(=O)c1ccc(/C=[N+](\[O-])Cc2ccccc2)cc1. The molecule has 0 aliphatic heterocycles. The van der Waals surface area contributed by atoms with E-state index in [9.17, 15) is 13.6 Å². The summed E-state index contributed by atoms with van der Waals surface area (Å²) in [5.41, 5.74) is 1.01. The Morgan fingerprint density at radius 3 is 2.17 bits per heavy atom. The Morgan fingerprint density at radius 1 is 1.04 bits per heavy atom. The zero-order chi connectivity index (χ0) is 17.8. The molecule has 0 unspecified atom stereocenters. The summed E-state index contributed by atoms with van der Waals surface area (Å²) in [4.78, 5) is 0.176. The molecule has 0 saturated heterocycles. The lowest BCUT2D eigenvalue weighted by Gasteiger charge is -2.20. The van der Waals surface area contributed by atoms with Crippen molar-refractivity contribution in [2.45, 2.75) is 37.8 Å². The molecule has 0 spiro atoms. The molecule has 24 heavy (non-hydrogen) atoms. The molecule has 2 aromatic carbocycles. The lowest BCUT2D eigenvalue weighted by Crippen LogP contribution is -2.40. The van der Waals surface area contributed by atoms with Crippen LogP contribution in [-0.2, 0) is 16.6 Å². The highest BCUT2D eigenvalue weighted by Crippen LogP contribution is 2.13. The van der Waals surface area contributed by atoms with Crippen molar-refractivity contribution in [1.29, 1.82) is 0 Å². The van der Waals surface area contributed by atoms with Crippen molar-refractivity contribution >= 4 is 16.2 Å². The highest BCUT2D eigenvalue weighted by molar-refractivity contribution is 7.89. The summed E-state index contributed by atoms with van der Waals surface area (Å²) in [5, 5.41) is 12.0. The second kappa shape index (κ2) is 7.15. The van der Waals surface area contributed by atoms with Gasteiger partial charge in [0.1, 0.15) is 0 Å². The first-order valence-electron chi connectivity index (χ1n) is 7.62. The number of hydrogen-bond acceptors (Lipinski definition) is 3. The Balaban J connectivity index is 2.13. The van der Waals surface area contributed by atoms with Crippen LogP contribution >= 0.6 is 0 Å². The van der Waals surface area contributed by atoms with Gasteiger partial charge in [-0.2, -0.15) is 0 Å². The van der Waals surface area contributed by atoms with E-state index in [1.165, 1.54) is 18.3 Å². The minimum Gasteiger partial charge on any atom is -0.624 e. The lowest BCUT2D eigenvalue weighted by molar-refractivity contribution is -0.469. The van der Waals surface area contributed by atoms with E-state index in [0.29, 0.717) is 5.56 Å². The van der Waals surface area contributed by atoms with Crippen LogP contribution in [0.15, 0.2) is 59.5 Å². The molecule has 0 radical (unpaired) electrons. The van der Waals surface area contributed by atoms with Crippen molar-refractivity contribution in [3.05, 3.63) is 70.9 Å². The molecule has 0 amide bonds. The molecule has 0 aliphatic rings. The number of benzene rings is 2. The molecular weight excluding hydrogens is 324 g/mol. The third-order valence-corrected chi connectivity index (χ3v) is 4.88. The summed E-state index contributed by atoms with van der Waals surface area (Å²) in [7, 11) is -3.57. The van der Waals surface area contributed by atoms with E-state index < -0.39 is 15.6 Å². The van der Waals surface area contributed by atoms with Crippen molar-refractivity contribution in [2.75, 3.05) is 0 Å². The van der Waals surface area contributed by atoms with E-state index in [-0.39, 0.29) is 11.4 Å². The molecule has 0 atom stereocenters. The van der Waals surface area contributed by atoms with Crippen molar-refractivity contribution in [1.82, 2.24) is 4.72 Å². The zero-order valence-electron chi connectivity index (χ0n) is 14.1. The zero-order valence-corrected chi connectivity index (χ0v) is 14.9. The smallest absolute Gasteiger partial charge is 0.241 e. The van der Waals surface area contributed by atoms with E-state index in [0.717, 1.165) is 10.3 Å². The van der Waals surface area contributed by atoms with E-state index in [1.807, 2.05) is 30.3 Å². The molecule has 0 fully saturated rings. The average molecular weight is 346 g/mol. The van der Waals surface area contributed by atoms with Gasteiger partial charge in [-0.3, -0.25) is 0 Å². The monoisotopic (exact) mass is 346 g/mol. The van der Waals surface area contributed by atoms with Crippen molar-refractivity contribution in [3.8, 4) is 0 Å². The Morgan fingerprint density at radius 2 is 1.62 bits per heavy atom. The van der Waals surface area contributed by atoms with Crippen LogP contribution < -0.4 is 4.72 Å². The fourth-order valence-electron chi connectivity index (χ4n) is 2.17. The topological polar surface area (TPSA) is 72.2 Å². The van der Waals surface area contributed by atoms with Gasteiger partial charge in [0.15, 0.2) is 12.8 Å². The lowest BCUT2D eigenvalue weighted by atomic mass is 10.1. The standard InChI is InChI=1S/C18H22N2O3S/c1-18(2,3)19-24(22,23)17-11-9-16(10-12-17)14-20(21)13-15-7-5-4-6-8-15/h4-12,14,19H,13H2,1-3H3/b20-14-. The van der Waals surface area contributed by atoms with Gasteiger partial charge in [0.25, 0.3) is 0 Å². The maximum absolute atomic E-state index is 12.2. The summed E-state index contributed by atoms with van der Waals surface area (Å²) < 4.78 is 27.9. The fourth-order valence-corrected chi connectivity index (χ4v) is 3.59. The Bertz CT molecular complexity index is 806. The molecule has 0 bridgehead atoms. The molecule has 128 valence electrons. The van der Waals surface area contributed by atoms with Crippen LogP contribution in [0.25, 0.3) is 0 Å². The maximum atomic E-state index is 12.2. The minimum absolute atomic E-state index is 0.176. The molecule has 5 nitrogen and oxygen atoms in total. The molecule has 2 aromatic rings. The quantitative estimate of drug-likeness (QED) is 0.392. The van der Waals surface area contributed by atoms with Crippen LogP contribution in [0.5, 0.6) is 0 Å². The molecule has 0 aliphatic carbocycles. The minimum atomic E-state index is -3.57. The van der Waals surface area contributed by atoms with E-state index in [4.69, 9.17) is 0 Å². The Labute approximate surface area is 143 Å². The number of rotatable bonds is 5. The van der Waals surface area contributed by atoms with E-state index in [2.05, 4.69) is 4.72 Å². The summed E-state index contributed by atoms with van der Waals surface area (Å²) in [6.45, 7) is 5.59. The average Bonchev–Trinajstić information content (AvgIpc) is 2.46. The predicted molar refractivity (Wildman–Crippen MR) is 95.5 cm³/mol. The molecule has 6 heteroatoms. The van der Waals surface area contributed by atoms with Crippen LogP contribution in [0.3, 0.4) is 0 Å². The van der Waals surface area contributed by atoms with Gasteiger partial charge in [-0.25, -0.2) is 17.9 Å². The van der Waals surface area contributed by atoms with E-state index >= 15 is 0 Å². The van der Waals surface area contributed by atoms with Crippen LogP contribution in [0, 0.1) is 5.21 Å². The molecule has 0 heterocycles. The second-order valence-corrected chi connectivity index (χ2v) is 8.30. The number of hydroxylamine groups is 1. The molecular formula is C18H22N2O3S. The molecule has 0 aromatic heterocycles. The van der Waals surface area contributed by atoms with Gasteiger partial charge in [-0.15, -0.1) is 0 Å². The number of nitrogens with zero attached hydrogens (tertiary/aromatic N) is 1. The first-order chi connectivity index (χ1) is 11.2. The molecule has 0 saturated carbocycles. The third kappa shape index (κ3) is 5.47. The maximum Gasteiger partial charge on any atom is 0.241 e. The van der Waals surface area contributed by atoms with Gasteiger partial charge in [0.2, 0.25) is 10.0 Å². The third-order valence-electron chi connectivity index (χ3n) is 3.11. The summed E-state index contributed by atoms with van der Waals surface area (Å²) >= 11 is 0. The summed E-state index contributed by atoms with van der Waals surface area (Å²) in [6.07, 6.45) is 1.45. The van der Waals surface area contributed by atoms with Gasteiger partial charge >= 0.3 is 0 Å². The molecule has 1 N–H and O–H groups in total. The van der Waals surface area contributed by atoms with Gasteiger partial charge in [-0.1, -0.05) is 30.3 Å². The second-order valence-electron chi connectivity index (χ2n) is 6.61. The highest BCUT2D eigenvalue weighted by Gasteiger charge is 2.21. The summed E-state index contributed by atoms with van der Waals surface area (Å²) in [6, 6.07) is 15.6. The van der Waals surface area contributed by atoms with Crippen LogP contribution in [0.1, 0.15) is 31.9 Å². The fraction of sp³-hybridized carbons (Fsp3) is 0.278. The normalized spacial score (nSPS) is 13.0. The van der Waals surface area contributed by atoms with Gasteiger partial charge in [-0.05, 0) is 45.0 Å². The predicted octanol–water partition coefficient (Wildman–Crippen LogP) is 2.89. The van der Waals surface area contributed by atoms with Gasteiger partial charge < -0.3 is 5.21 Å². The highest BCUT2D eigenvalue weighted by atomic mass is 32.2. The molecule has 2 rings (SSSR count). The van der Waals surface area contributed by atoms with Crippen LogP contribution in [-0.4, -0.2) is 24.9 Å². The number of hydrogen-bond donors (Lipinski definition) is 1. The van der Waals surface area contributed by atoms with Crippen LogP contribution in [0.4, 0.5) is 0 Å². The Kier molecular flexibility index (Phi) is 5.41. The number of nitrogens with one attached hydrogen (secondary N) is 1. The van der Waals surface area contributed by atoms with Crippen molar-refractivity contribution in [2.24, 2.45) is 0 Å². The first-order valence-corrected chi connectivity index (χ1v) is 9.11. The first kappa shape index (κ1) is 18.2. The van der Waals surface area contributed by atoms with Gasteiger partial charge in [0.05, 0.1) is 4.90 Å². The van der Waals surface area contributed by atoms with Crippen molar-refractivity contribution < 1.29 is 13.2 Å². The van der Waals surface area contributed by atoms with Crippen molar-refractivity contribution in [3.63, 3.8) is 0 Å². The summed E-state index contributed by atoms with van der Waals surface area (Å²) in [5.74, 6) is 0. The van der Waals surface area contributed by atoms with Crippen LogP contribution in [0.2, 0.25) is 0 Å². The van der Waals surface area contributed by atoms with Gasteiger partial charge in [0, 0.05) is 16.7 Å². The number of sulfonamides is 1. The Hall–Kier alpha value is -2.18. The largest absolute Gasteiger partial charge is 0.624 e. The van der Waals surface area contributed by atoms with E-state index in [1.54, 1.807) is 32.9 Å².